The smallest absolute Gasteiger partial charge is 0.246 e. The van der Waals surface area contributed by atoms with Crippen LogP contribution in [0.25, 0.3) is 11.0 Å². The Morgan fingerprint density at radius 3 is 3.15 bits per heavy atom. The summed E-state index contributed by atoms with van der Waals surface area (Å²) in [7, 11) is 0. The first-order chi connectivity index (χ1) is 13.1. The zero-order chi connectivity index (χ0) is 18.8. The van der Waals surface area contributed by atoms with E-state index in [4.69, 9.17) is 0 Å². The number of aromatic amines is 1. The monoisotopic (exact) mass is 383 g/mol. The van der Waals surface area contributed by atoms with Gasteiger partial charge in [0, 0.05) is 25.3 Å². The van der Waals surface area contributed by atoms with Gasteiger partial charge in [-0.2, -0.15) is 14.3 Å². The Hall–Kier alpha value is -2.94. The second kappa shape index (κ2) is 7.36. The van der Waals surface area contributed by atoms with Gasteiger partial charge in [0.15, 0.2) is 0 Å². The van der Waals surface area contributed by atoms with Crippen LogP contribution in [-0.2, 0) is 4.79 Å². The molecule has 1 aliphatic rings. The van der Waals surface area contributed by atoms with Gasteiger partial charge in [-0.05, 0) is 49.5 Å². The highest BCUT2D eigenvalue weighted by Gasteiger charge is 2.23. The molecule has 0 saturated carbocycles. The molecule has 1 aliphatic heterocycles. The van der Waals surface area contributed by atoms with Gasteiger partial charge >= 0.3 is 0 Å². The number of likely N-dealkylation sites (tertiary alicyclic amines) is 1. The minimum atomic E-state index is -0.0288. The number of carbonyl (C=O) groups excluding carboxylic acids is 1. The summed E-state index contributed by atoms with van der Waals surface area (Å²) in [6.45, 7) is 6.93. The third-order valence-corrected chi connectivity index (χ3v) is 5.32. The van der Waals surface area contributed by atoms with Crippen molar-refractivity contribution >= 4 is 45.2 Å². The molecule has 3 N–H and O–H groups in total. The summed E-state index contributed by atoms with van der Waals surface area (Å²) in [6, 6.07) is 4.04. The first kappa shape index (κ1) is 17.5. The molecule has 140 valence electrons. The van der Waals surface area contributed by atoms with E-state index >= 15 is 0 Å². The van der Waals surface area contributed by atoms with E-state index in [0.29, 0.717) is 12.5 Å². The SMILES string of the molecule is C=CC(=O)N1CCCC(Nc2nc(Nc3cc(C)ns3)nc3[nH]ccc23)C1. The van der Waals surface area contributed by atoms with Crippen molar-refractivity contribution in [2.24, 2.45) is 0 Å². The molecule has 8 nitrogen and oxygen atoms in total. The standard InChI is InChI=1S/C18H21N7OS/c1-3-15(26)25-8-4-5-12(10-25)20-17-13-6-7-19-16(13)22-18(23-17)21-14-9-11(2)24-27-14/h3,6-7,9,12H,1,4-5,8,10H2,2H3,(H3,19,20,21,22,23). The van der Waals surface area contributed by atoms with Crippen LogP contribution in [0.4, 0.5) is 16.8 Å². The Bertz CT molecular complexity index is 979. The number of amides is 1. The first-order valence-corrected chi connectivity index (χ1v) is 9.63. The first-order valence-electron chi connectivity index (χ1n) is 8.86. The van der Waals surface area contributed by atoms with Crippen LogP contribution in [-0.4, -0.2) is 49.3 Å². The Morgan fingerprint density at radius 2 is 2.37 bits per heavy atom. The van der Waals surface area contributed by atoms with Gasteiger partial charge in [0.2, 0.25) is 11.9 Å². The minimum Gasteiger partial charge on any atom is -0.365 e. The molecule has 0 aromatic carbocycles. The van der Waals surface area contributed by atoms with Crippen LogP contribution in [0.2, 0.25) is 0 Å². The van der Waals surface area contributed by atoms with Gasteiger partial charge in [-0.15, -0.1) is 0 Å². The number of hydrogen-bond donors (Lipinski definition) is 3. The number of H-pyrrole nitrogens is 1. The minimum absolute atomic E-state index is 0.0288. The second-order valence-corrected chi connectivity index (χ2v) is 7.37. The van der Waals surface area contributed by atoms with Gasteiger partial charge < -0.3 is 20.5 Å². The van der Waals surface area contributed by atoms with E-state index in [2.05, 4.69) is 36.5 Å². The molecule has 4 rings (SSSR count). The lowest BCUT2D eigenvalue weighted by Crippen LogP contribution is -2.44. The number of aromatic nitrogens is 4. The van der Waals surface area contributed by atoms with Crippen LogP contribution < -0.4 is 10.6 Å². The summed E-state index contributed by atoms with van der Waals surface area (Å²) in [6.07, 6.45) is 5.15. The van der Waals surface area contributed by atoms with Gasteiger partial charge in [0.05, 0.1) is 11.1 Å². The molecule has 0 aliphatic carbocycles. The number of nitrogens with one attached hydrogen (secondary N) is 3. The molecule has 0 spiro atoms. The zero-order valence-electron chi connectivity index (χ0n) is 15.0. The number of nitrogens with zero attached hydrogens (tertiary/aromatic N) is 4. The number of anilines is 3. The predicted molar refractivity (Wildman–Crippen MR) is 107 cm³/mol. The van der Waals surface area contributed by atoms with E-state index in [0.717, 1.165) is 46.9 Å². The lowest BCUT2D eigenvalue weighted by atomic mass is 10.1. The number of hydrogen-bond acceptors (Lipinski definition) is 7. The van der Waals surface area contributed by atoms with E-state index in [1.165, 1.54) is 17.6 Å². The highest BCUT2D eigenvalue weighted by Crippen LogP contribution is 2.26. The topological polar surface area (TPSA) is 98.8 Å². The number of aryl methyl sites for hydroxylation is 1. The molecular formula is C18H21N7OS. The van der Waals surface area contributed by atoms with Crippen molar-refractivity contribution in [2.45, 2.75) is 25.8 Å². The molecule has 1 unspecified atom stereocenters. The van der Waals surface area contributed by atoms with E-state index < -0.39 is 0 Å². The molecule has 4 heterocycles. The van der Waals surface area contributed by atoms with E-state index in [1.54, 1.807) is 0 Å². The number of rotatable bonds is 5. The van der Waals surface area contributed by atoms with E-state index in [-0.39, 0.29) is 11.9 Å². The van der Waals surface area contributed by atoms with Crippen molar-refractivity contribution < 1.29 is 4.79 Å². The average molecular weight is 383 g/mol. The second-order valence-electron chi connectivity index (χ2n) is 6.57. The molecule has 1 saturated heterocycles. The lowest BCUT2D eigenvalue weighted by Gasteiger charge is -2.32. The zero-order valence-corrected chi connectivity index (χ0v) is 15.8. The quantitative estimate of drug-likeness (QED) is 0.586. The number of piperidine rings is 1. The summed E-state index contributed by atoms with van der Waals surface area (Å²) >= 11 is 1.37. The molecule has 0 radical (unpaired) electrons. The van der Waals surface area contributed by atoms with Crippen LogP contribution in [0, 0.1) is 6.92 Å². The molecular weight excluding hydrogens is 362 g/mol. The highest BCUT2D eigenvalue weighted by atomic mass is 32.1. The highest BCUT2D eigenvalue weighted by molar-refractivity contribution is 7.10. The van der Waals surface area contributed by atoms with Gasteiger partial charge in [0.25, 0.3) is 0 Å². The molecule has 3 aromatic heterocycles. The van der Waals surface area contributed by atoms with Crippen LogP contribution in [0.15, 0.2) is 31.0 Å². The lowest BCUT2D eigenvalue weighted by molar-refractivity contribution is -0.127. The van der Waals surface area contributed by atoms with Crippen molar-refractivity contribution in [1.29, 1.82) is 0 Å². The molecule has 3 aromatic rings. The molecule has 1 amide bonds. The summed E-state index contributed by atoms with van der Waals surface area (Å²) in [5.41, 5.74) is 1.71. The maximum absolute atomic E-state index is 11.9. The third kappa shape index (κ3) is 3.77. The summed E-state index contributed by atoms with van der Waals surface area (Å²) in [4.78, 5) is 26.1. The Morgan fingerprint density at radius 1 is 1.48 bits per heavy atom. The molecule has 27 heavy (non-hydrogen) atoms. The normalized spacial score (nSPS) is 17.1. The van der Waals surface area contributed by atoms with Gasteiger partial charge in [-0.3, -0.25) is 4.79 Å². The average Bonchev–Trinajstić information content (AvgIpc) is 3.30. The van der Waals surface area contributed by atoms with Gasteiger partial charge in [-0.25, -0.2) is 0 Å². The van der Waals surface area contributed by atoms with E-state index in [1.807, 2.05) is 30.2 Å². The summed E-state index contributed by atoms with van der Waals surface area (Å²) in [5, 5.41) is 8.53. The van der Waals surface area contributed by atoms with Crippen molar-refractivity contribution in [2.75, 3.05) is 23.7 Å². The Kier molecular flexibility index (Phi) is 4.76. The fourth-order valence-electron chi connectivity index (χ4n) is 3.26. The molecule has 1 atom stereocenters. The number of carbonyl (C=O) groups is 1. The summed E-state index contributed by atoms with van der Waals surface area (Å²) < 4.78 is 4.27. The molecule has 9 heteroatoms. The van der Waals surface area contributed by atoms with Crippen LogP contribution in [0.5, 0.6) is 0 Å². The third-order valence-electron chi connectivity index (χ3n) is 4.53. The Balaban J connectivity index is 1.57. The van der Waals surface area contributed by atoms with Crippen LogP contribution in [0.1, 0.15) is 18.5 Å². The van der Waals surface area contributed by atoms with E-state index in [9.17, 15) is 4.79 Å². The maximum atomic E-state index is 11.9. The maximum Gasteiger partial charge on any atom is 0.246 e. The molecule has 0 bridgehead atoms. The fraction of sp³-hybridized carbons (Fsp3) is 0.333. The van der Waals surface area contributed by atoms with Crippen molar-refractivity contribution in [3.05, 3.63) is 36.7 Å². The van der Waals surface area contributed by atoms with Crippen molar-refractivity contribution in [3.8, 4) is 0 Å². The largest absolute Gasteiger partial charge is 0.365 e. The molecule has 1 fully saturated rings. The van der Waals surface area contributed by atoms with Crippen molar-refractivity contribution in [1.82, 2.24) is 24.2 Å². The van der Waals surface area contributed by atoms with Crippen LogP contribution >= 0.6 is 11.5 Å². The van der Waals surface area contributed by atoms with Crippen molar-refractivity contribution in [3.63, 3.8) is 0 Å². The number of fused-ring (bicyclic) bond motifs is 1. The summed E-state index contributed by atoms with van der Waals surface area (Å²) in [5.74, 6) is 1.23. The van der Waals surface area contributed by atoms with Gasteiger partial charge in [-0.1, -0.05) is 6.58 Å². The fourth-order valence-corrected chi connectivity index (χ4v) is 3.91. The van der Waals surface area contributed by atoms with Crippen LogP contribution in [0.3, 0.4) is 0 Å². The van der Waals surface area contributed by atoms with Gasteiger partial charge in [0.1, 0.15) is 16.5 Å². The predicted octanol–water partition coefficient (Wildman–Crippen LogP) is 3.06. The Labute approximate surface area is 160 Å².